The zero-order valence-electron chi connectivity index (χ0n) is 9.61. The number of nitrogens with two attached hydrogens (primary N) is 1. The summed E-state index contributed by atoms with van der Waals surface area (Å²) >= 11 is 5.26. The topological polar surface area (TPSA) is 26.0 Å². The van der Waals surface area contributed by atoms with E-state index in [-0.39, 0.29) is 0 Å². The van der Waals surface area contributed by atoms with Gasteiger partial charge in [0.25, 0.3) is 0 Å². The second kappa shape index (κ2) is 5.61. The first-order chi connectivity index (χ1) is 8.15. The van der Waals surface area contributed by atoms with Gasteiger partial charge in [0.1, 0.15) is 0 Å². The van der Waals surface area contributed by atoms with E-state index in [1.807, 2.05) is 23.9 Å². The summed E-state index contributed by atoms with van der Waals surface area (Å²) in [5.41, 5.74) is 9.22. The zero-order valence-corrected chi connectivity index (χ0v) is 12.0. The van der Waals surface area contributed by atoms with Crippen molar-refractivity contribution in [2.45, 2.75) is 17.6 Å². The molecule has 0 aliphatic heterocycles. The van der Waals surface area contributed by atoms with Crippen molar-refractivity contribution in [3.8, 4) is 0 Å². The molecule has 0 heterocycles. The number of rotatable bonds is 3. The summed E-state index contributed by atoms with van der Waals surface area (Å²) in [4.78, 5) is 1.26. The summed E-state index contributed by atoms with van der Waals surface area (Å²) in [5.74, 6) is 0.970. The Bertz CT molecular complexity index is 508. The van der Waals surface area contributed by atoms with Gasteiger partial charge in [-0.15, -0.1) is 11.8 Å². The number of benzene rings is 2. The van der Waals surface area contributed by atoms with Gasteiger partial charge >= 0.3 is 0 Å². The Labute approximate surface area is 115 Å². The Hall–Kier alpha value is -0.930. The van der Waals surface area contributed by atoms with E-state index in [0.29, 0.717) is 0 Å². The number of hydrogen-bond acceptors (Lipinski definition) is 2. The van der Waals surface area contributed by atoms with Gasteiger partial charge in [-0.1, -0.05) is 34.1 Å². The second-order valence-electron chi connectivity index (χ2n) is 3.94. The third-order valence-electron chi connectivity index (χ3n) is 2.52. The highest BCUT2D eigenvalue weighted by molar-refractivity contribution is 9.10. The molecule has 0 fully saturated rings. The maximum atomic E-state index is 5.80. The molecule has 0 atom stereocenters. The zero-order chi connectivity index (χ0) is 12.3. The Balaban J connectivity index is 2.07. The monoisotopic (exact) mass is 307 g/mol. The van der Waals surface area contributed by atoms with E-state index in [4.69, 9.17) is 5.73 Å². The first-order valence-corrected chi connectivity index (χ1v) is 7.16. The van der Waals surface area contributed by atoms with Crippen LogP contribution in [0.2, 0.25) is 0 Å². The van der Waals surface area contributed by atoms with Crippen molar-refractivity contribution in [1.29, 1.82) is 0 Å². The molecule has 0 bridgehead atoms. The summed E-state index contributed by atoms with van der Waals surface area (Å²) in [7, 11) is 0. The summed E-state index contributed by atoms with van der Waals surface area (Å²) in [6.07, 6.45) is 0. The lowest BCUT2D eigenvalue weighted by Gasteiger charge is -2.06. The van der Waals surface area contributed by atoms with Crippen molar-refractivity contribution in [1.82, 2.24) is 0 Å². The van der Waals surface area contributed by atoms with E-state index in [0.717, 1.165) is 15.9 Å². The highest BCUT2D eigenvalue weighted by atomic mass is 79.9. The van der Waals surface area contributed by atoms with Crippen LogP contribution in [0.5, 0.6) is 0 Å². The van der Waals surface area contributed by atoms with Crippen LogP contribution >= 0.6 is 27.7 Å². The van der Waals surface area contributed by atoms with Crippen LogP contribution in [0.1, 0.15) is 11.1 Å². The molecule has 0 saturated carbocycles. The largest absolute Gasteiger partial charge is 0.399 e. The number of aryl methyl sites for hydroxylation is 1. The molecule has 2 aromatic carbocycles. The lowest BCUT2D eigenvalue weighted by atomic mass is 10.2. The standard InChI is InChI=1S/C14H14BrNS/c1-10-2-7-13(16)8-14(10)17-9-11-3-5-12(15)6-4-11/h2-8H,9,16H2,1H3. The SMILES string of the molecule is Cc1ccc(N)cc1SCc1ccc(Br)cc1. The average molecular weight is 308 g/mol. The summed E-state index contributed by atoms with van der Waals surface area (Å²) in [6, 6.07) is 14.5. The molecule has 2 rings (SSSR count). The van der Waals surface area contributed by atoms with Crippen molar-refractivity contribution >= 4 is 33.4 Å². The molecule has 0 aromatic heterocycles. The van der Waals surface area contributed by atoms with Crippen LogP contribution in [-0.2, 0) is 5.75 Å². The van der Waals surface area contributed by atoms with Gasteiger partial charge in [-0.3, -0.25) is 0 Å². The smallest absolute Gasteiger partial charge is 0.0325 e. The Morgan fingerprint density at radius 3 is 2.53 bits per heavy atom. The van der Waals surface area contributed by atoms with Crippen LogP contribution < -0.4 is 5.73 Å². The maximum absolute atomic E-state index is 5.80. The van der Waals surface area contributed by atoms with Crippen molar-refractivity contribution in [3.05, 3.63) is 58.1 Å². The van der Waals surface area contributed by atoms with Gasteiger partial charge in [0.2, 0.25) is 0 Å². The van der Waals surface area contributed by atoms with E-state index in [1.54, 1.807) is 0 Å². The summed E-state index contributed by atoms with van der Waals surface area (Å²) in [6.45, 7) is 2.11. The van der Waals surface area contributed by atoms with Gasteiger partial charge in [0, 0.05) is 20.8 Å². The van der Waals surface area contributed by atoms with Crippen LogP contribution in [0.3, 0.4) is 0 Å². The molecule has 0 spiro atoms. The van der Waals surface area contributed by atoms with Gasteiger partial charge in [0.05, 0.1) is 0 Å². The lowest BCUT2D eigenvalue weighted by Crippen LogP contribution is -1.88. The van der Waals surface area contributed by atoms with E-state index in [2.05, 4.69) is 53.2 Å². The molecule has 2 aromatic rings. The molecular weight excluding hydrogens is 294 g/mol. The predicted molar refractivity (Wildman–Crippen MR) is 79.3 cm³/mol. The quantitative estimate of drug-likeness (QED) is 0.661. The van der Waals surface area contributed by atoms with Crippen LogP contribution in [0.4, 0.5) is 5.69 Å². The molecule has 0 aliphatic rings. The highest BCUT2D eigenvalue weighted by Gasteiger charge is 2.01. The highest BCUT2D eigenvalue weighted by Crippen LogP contribution is 2.28. The minimum atomic E-state index is 0.828. The minimum absolute atomic E-state index is 0.828. The third kappa shape index (κ3) is 3.51. The number of thioether (sulfide) groups is 1. The van der Waals surface area contributed by atoms with Gasteiger partial charge in [0.15, 0.2) is 0 Å². The van der Waals surface area contributed by atoms with Crippen molar-refractivity contribution in [2.75, 3.05) is 5.73 Å². The Kier molecular flexibility index (Phi) is 4.13. The lowest BCUT2D eigenvalue weighted by molar-refractivity contribution is 1.29. The van der Waals surface area contributed by atoms with E-state index < -0.39 is 0 Å². The van der Waals surface area contributed by atoms with Gasteiger partial charge in [-0.2, -0.15) is 0 Å². The molecular formula is C14H14BrNS. The van der Waals surface area contributed by atoms with Crippen molar-refractivity contribution in [2.24, 2.45) is 0 Å². The Morgan fingerprint density at radius 2 is 1.82 bits per heavy atom. The predicted octanol–water partition coefficient (Wildman–Crippen LogP) is 4.63. The normalized spacial score (nSPS) is 10.5. The fraction of sp³-hybridized carbons (Fsp3) is 0.143. The molecule has 17 heavy (non-hydrogen) atoms. The fourth-order valence-corrected chi connectivity index (χ4v) is 2.81. The maximum Gasteiger partial charge on any atom is 0.0325 e. The van der Waals surface area contributed by atoms with Crippen LogP contribution in [-0.4, -0.2) is 0 Å². The molecule has 3 heteroatoms. The van der Waals surface area contributed by atoms with Crippen LogP contribution in [0.25, 0.3) is 0 Å². The number of nitrogen functional groups attached to an aromatic ring is 1. The van der Waals surface area contributed by atoms with E-state index in [1.165, 1.54) is 16.0 Å². The molecule has 0 aliphatic carbocycles. The number of hydrogen-bond donors (Lipinski definition) is 1. The first-order valence-electron chi connectivity index (χ1n) is 5.38. The fourth-order valence-electron chi connectivity index (χ4n) is 1.51. The first kappa shape index (κ1) is 12.5. The van der Waals surface area contributed by atoms with Crippen molar-refractivity contribution in [3.63, 3.8) is 0 Å². The molecule has 0 saturated heterocycles. The third-order valence-corrected chi connectivity index (χ3v) is 4.28. The van der Waals surface area contributed by atoms with Crippen molar-refractivity contribution < 1.29 is 0 Å². The number of anilines is 1. The molecule has 0 amide bonds. The van der Waals surface area contributed by atoms with Gasteiger partial charge < -0.3 is 5.73 Å². The minimum Gasteiger partial charge on any atom is -0.399 e. The van der Waals surface area contributed by atoms with E-state index >= 15 is 0 Å². The van der Waals surface area contributed by atoms with Gasteiger partial charge in [-0.05, 0) is 42.3 Å². The number of halogens is 1. The Morgan fingerprint density at radius 1 is 1.12 bits per heavy atom. The molecule has 0 radical (unpaired) electrons. The molecule has 0 unspecified atom stereocenters. The van der Waals surface area contributed by atoms with Gasteiger partial charge in [-0.25, -0.2) is 0 Å². The summed E-state index contributed by atoms with van der Waals surface area (Å²) in [5, 5.41) is 0. The second-order valence-corrected chi connectivity index (χ2v) is 5.87. The molecule has 2 N–H and O–H groups in total. The average Bonchev–Trinajstić information content (AvgIpc) is 2.32. The van der Waals surface area contributed by atoms with E-state index in [9.17, 15) is 0 Å². The summed E-state index contributed by atoms with van der Waals surface area (Å²) < 4.78 is 1.12. The van der Waals surface area contributed by atoms with Crippen LogP contribution in [0.15, 0.2) is 51.8 Å². The molecule has 88 valence electrons. The molecule has 1 nitrogen and oxygen atoms in total. The van der Waals surface area contributed by atoms with Crippen LogP contribution in [0, 0.1) is 6.92 Å².